The Kier molecular flexibility index (Phi) is 3.36. The predicted octanol–water partition coefficient (Wildman–Crippen LogP) is 3.15. The smallest absolute Gasteiger partial charge is 0.204 e. The zero-order valence-electron chi connectivity index (χ0n) is 7.01. The fourth-order valence-electron chi connectivity index (χ4n) is 0.954. The van der Waals surface area contributed by atoms with Crippen molar-refractivity contribution >= 4 is 15.9 Å². The molecule has 0 aliphatic heterocycles. The lowest BCUT2D eigenvalue weighted by molar-refractivity contribution is 0.330. The van der Waals surface area contributed by atoms with E-state index in [0.717, 1.165) is 7.11 Å². The van der Waals surface area contributed by atoms with Gasteiger partial charge in [0.25, 0.3) is 0 Å². The molecule has 0 heterocycles. The molecule has 0 unspecified atom stereocenters. The van der Waals surface area contributed by atoms with Crippen molar-refractivity contribution in [3.05, 3.63) is 28.8 Å². The van der Waals surface area contributed by atoms with Crippen molar-refractivity contribution in [2.45, 2.75) is 5.33 Å². The molecule has 6 heteroatoms. The lowest BCUT2D eigenvalue weighted by Crippen LogP contribution is -2.04. The largest absolute Gasteiger partial charge is 0.491 e. The van der Waals surface area contributed by atoms with Crippen molar-refractivity contribution in [1.82, 2.24) is 0 Å². The van der Waals surface area contributed by atoms with Gasteiger partial charge in [-0.2, -0.15) is 8.78 Å². The van der Waals surface area contributed by atoms with Gasteiger partial charge in [0.15, 0.2) is 17.4 Å². The molecule has 1 aromatic rings. The van der Waals surface area contributed by atoms with Crippen LogP contribution in [0.25, 0.3) is 0 Å². The van der Waals surface area contributed by atoms with Crippen LogP contribution in [0.15, 0.2) is 0 Å². The Morgan fingerprint density at radius 3 is 1.71 bits per heavy atom. The van der Waals surface area contributed by atoms with Crippen LogP contribution >= 0.6 is 15.9 Å². The predicted molar refractivity (Wildman–Crippen MR) is 45.5 cm³/mol. The fourth-order valence-corrected chi connectivity index (χ4v) is 1.45. The number of methoxy groups -OCH3 is 1. The number of rotatable bonds is 2. The van der Waals surface area contributed by atoms with Crippen molar-refractivity contribution in [1.29, 1.82) is 0 Å². The van der Waals surface area contributed by atoms with Gasteiger partial charge in [0, 0.05) is 10.9 Å². The van der Waals surface area contributed by atoms with Gasteiger partial charge >= 0.3 is 0 Å². The molecule has 0 saturated heterocycles. The Morgan fingerprint density at radius 2 is 1.43 bits per heavy atom. The molecule has 0 saturated carbocycles. The van der Waals surface area contributed by atoms with E-state index < -0.39 is 34.6 Å². The molecule has 0 aliphatic carbocycles. The van der Waals surface area contributed by atoms with Gasteiger partial charge in [-0.15, -0.1) is 0 Å². The molecule has 0 N–H and O–H groups in total. The number of benzene rings is 1. The molecule has 0 bridgehead atoms. The number of hydrogen-bond acceptors (Lipinski definition) is 1. The molecule has 0 aliphatic rings. The zero-order valence-corrected chi connectivity index (χ0v) is 8.59. The number of alkyl halides is 1. The molecule has 0 atom stereocenters. The van der Waals surface area contributed by atoms with Crippen molar-refractivity contribution in [2.75, 3.05) is 7.11 Å². The van der Waals surface area contributed by atoms with E-state index in [9.17, 15) is 17.6 Å². The highest BCUT2D eigenvalue weighted by Crippen LogP contribution is 2.30. The second kappa shape index (κ2) is 4.16. The third-order valence-electron chi connectivity index (χ3n) is 1.65. The van der Waals surface area contributed by atoms with Crippen LogP contribution < -0.4 is 4.74 Å². The summed E-state index contributed by atoms with van der Waals surface area (Å²) in [4.78, 5) is 0. The standard InChI is InChI=1S/C8H5BrF4O/c1-14-8-6(12)4(10)3(2-9)5(11)7(8)13/h2H2,1H3. The third kappa shape index (κ3) is 1.58. The van der Waals surface area contributed by atoms with Gasteiger partial charge in [0.05, 0.1) is 7.11 Å². The van der Waals surface area contributed by atoms with E-state index in [1.54, 1.807) is 0 Å². The van der Waals surface area contributed by atoms with Crippen LogP contribution in [0.4, 0.5) is 17.6 Å². The van der Waals surface area contributed by atoms with Gasteiger partial charge in [-0.3, -0.25) is 0 Å². The molecule has 0 spiro atoms. The summed E-state index contributed by atoms with van der Waals surface area (Å²) in [5.74, 6) is -7.00. The first-order valence-corrected chi connectivity index (χ1v) is 4.61. The van der Waals surface area contributed by atoms with Crippen molar-refractivity contribution in [2.24, 2.45) is 0 Å². The fraction of sp³-hybridized carbons (Fsp3) is 0.250. The zero-order chi connectivity index (χ0) is 10.9. The second-order valence-corrected chi connectivity index (χ2v) is 2.96. The van der Waals surface area contributed by atoms with E-state index in [1.165, 1.54) is 0 Å². The minimum absolute atomic E-state index is 0.317. The van der Waals surface area contributed by atoms with E-state index in [2.05, 4.69) is 20.7 Å². The monoisotopic (exact) mass is 272 g/mol. The van der Waals surface area contributed by atoms with Gasteiger partial charge in [-0.1, -0.05) is 15.9 Å². The van der Waals surface area contributed by atoms with E-state index in [4.69, 9.17) is 0 Å². The Bertz CT molecular complexity index is 303. The van der Waals surface area contributed by atoms with E-state index in [-0.39, 0.29) is 5.33 Å². The average molecular weight is 273 g/mol. The molecule has 0 aromatic heterocycles. The Balaban J connectivity index is 3.55. The first kappa shape index (κ1) is 11.3. The van der Waals surface area contributed by atoms with E-state index in [1.807, 2.05) is 0 Å². The van der Waals surface area contributed by atoms with Crippen LogP contribution in [0.2, 0.25) is 0 Å². The number of ether oxygens (including phenoxy) is 1. The molecule has 0 fully saturated rings. The highest BCUT2D eigenvalue weighted by atomic mass is 79.9. The molecule has 1 nitrogen and oxygen atoms in total. The van der Waals surface area contributed by atoms with Gasteiger partial charge < -0.3 is 4.74 Å². The van der Waals surface area contributed by atoms with Gasteiger partial charge in [0.2, 0.25) is 11.6 Å². The van der Waals surface area contributed by atoms with Crippen LogP contribution in [-0.4, -0.2) is 7.11 Å². The minimum atomic E-state index is -1.53. The van der Waals surface area contributed by atoms with Crippen molar-refractivity contribution in [3.8, 4) is 5.75 Å². The van der Waals surface area contributed by atoms with E-state index >= 15 is 0 Å². The number of halogens is 5. The summed E-state index contributed by atoms with van der Waals surface area (Å²) in [5.41, 5.74) is -0.694. The first-order chi connectivity index (χ1) is 6.54. The highest BCUT2D eigenvalue weighted by Gasteiger charge is 2.25. The Hall–Kier alpha value is -0.780. The van der Waals surface area contributed by atoms with E-state index in [0.29, 0.717) is 0 Å². The summed E-state index contributed by atoms with van der Waals surface area (Å²) in [5, 5.41) is -0.317. The van der Waals surface area contributed by atoms with Crippen molar-refractivity contribution in [3.63, 3.8) is 0 Å². The second-order valence-electron chi connectivity index (χ2n) is 2.40. The summed E-state index contributed by atoms with van der Waals surface area (Å²) in [6, 6.07) is 0. The third-order valence-corrected chi connectivity index (χ3v) is 2.21. The maximum absolute atomic E-state index is 13.0. The number of hydrogen-bond donors (Lipinski definition) is 0. The van der Waals surface area contributed by atoms with Crippen molar-refractivity contribution < 1.29 is 22.3 Å². The molecule has 78 valence electrons. The van der Waals surface area contributed by atoms with Crippen LogP contribution in [-0.2, 0) is 5.33 Å². The summed E-state index contributed by atoms with van der Waals surface area (Å²) in [6.45, 7) is 0. The van der Waals surface area contributed by atoms with Crippen LogP contribution in [0.5, 0.6) is 5.75 Å². The summed E-state index contributed by atoms with van der Waals surface area (Å²) in [7, 11) is 0.925. The van der Waals surface area contributed by atoms with Gasteiger partial charge in [0.1, 0.15) is 0 Å². The Labute approximate surface area is 85.8 Å². The minimum Gasteiger partial charge on any atom is -0.491 e. The maximum atomic E-state index is 13.0. The van der Waals surface area contributed by atoms with Crippen LogP contribution in [0.1, 0.15) is 5.56 Å². The lowest BCUT2D eigenvalue weighted by atomic mass is 10.2. The molecular formula is C8H5BrF4O. The van der Waals surface area contributed by atoms with Gasteiger partial charge in [-0.05, 0) is 0 Å². The normalized spacial score (nSPS) is 10.4. The van der Waals surface area contributed by atoms with Crippen LogP contribution in [0, 0.1) is 23.3 Å². The summed E-state index contributed by atoms with van der Waals surface area (Å²) < 4.78 is 56.1. The quantitative estimate of drug-likeness (QED) is 0.457. The highest BCUT2D eigenvalue weighted by molar-refractivity contribution is 9.08. The maximum Gasteiger partial charge on any atom is 0.204 e. The molecule has 0 radical (unpaired) electrons. The molecular weight excluding hydrogens is 268 g/mol. The SMILES string of the molecule is COc1c(F)c(F)c(CBr)c(F)c1F. The van der Waals surface area contributed by atoms with Gasteiger partial charge in [-0.25, -0.2) is 8.78 Å². The average Bonchev–Trinajstić information content (AvgIpc) is 2.17. The van der Waals surface area contributed by atoms with Crippen LogP contribution in [0.3, 0.4) is 0 Å². The first-order valence-electron chi connectivity index (χ1n) is 3.49. The molecule has 1 rings (SSSR count). The topological polar surface area (TPSA) is 9.23 Å². The lowest BCUT2D eigenvalue weighted by Gasteiger charge is -2.08. The summed E-state index contributed by atoms with van der Waals surface area (Å²) >= 11 is 2.72. The molecule has 1 aromatic carbocycles. The molecule has 0 amide bonds. The Morgan fingerprint density at radius 1 is 1.00 bits per heavy atom. The summed E-state index contributed by atoms with van der Waals surface area (Å²) in [6.07, 6.45) is 0. The molecule has 14 heavy (non-hydrogen) atoms.